The third-order valence-electron chi connectivity index (χ3n) is 3.15. The maximum absolute atomic E-state index is 12.0. The van der Waals surface area contributed by atoms with Crippen molar-refractivity contribution >= 4 is 28.7 Å². The van der Waals surface area contributed by atoms with Crippen LogP contribution < -0.4 is 5.32 Å². The van der Waals surface area contributed by atoms with Crippen LogP contribution in [0.15, 0.2) is 48.7 Å². The van der Waals surface area contributed by atoms with Gasteiger partial charge in [0.2, 0.25) is 0 Å². The molecule has 2 heterocycles. The van der Waals surface area contributed by atoms with Crippen molar-refractivity contribution in [3.05, 3.63) is 60.0 Å². The van der Waals surface area contributed by atoms with Crippen LogP contribution in [0, 0.1) is 6.92 Å². The molecule has 0 aliphatic heterocycles. The molecule has 7 nitrogen and oxygen atoms in total. The molecule has 24 heavy (non-hydrogen) atoms. The summed E-state index contributed by atoms with van der Waals surface area (Å²) < 4.78 is 4.96. The van der Waals surface area contributed by atoms with Crippen LogP contribution in [0.25, 0.3) is 11.0 Å². The van der Waals surface area contributed by atoms with E-state index in [1.54, 1.807) is 30.3 Å². The molecule has 0 unspecified atom stereocenters. The molecular weight excluding hydrogens is 308 g/mol. The van der Waals surface area contributed by atoms with Crippen LogP contribution in [0.4, 0.5) is 5.82 Å². The Balaban J connectivity index is 1.60. The zero-order valence-corrected chi connectivity index (χ0v) is 12.9. The van der Waals surface area contributed by atoms with Crippen LogP contribution in [0.1, 0.15) is 16.2 Å². The number of rotatable bonds is 4. The average molecular weight is 322 g/mol. The first-order valence-corrected chi connectivity index (χ1v) is 7.24. The predicted octanol–water partition coefficient (Wildman–Crippen LogP) is 2.13. The van der Waals surface area contributed by atoms with E-state index in [-0.39, 0.29) is 5.69 Å². The van der Waals surface area contributed by atoms with E-state index in [1.807, 2.05) is 19.1 Å². The number of nitrogens with zero attached hydrogens (tertiary/aromatic N) is 3. The quantitative estimate of drug-likeness (QED) is 0.740. The lowest BCUT2D eigenvalue weighted by Gasteiger charge is -2.06. The number of aryl methyl sites for hydroxylation is 1. The molecule has 0 saturated carbocycles. The van der Waals surface area contributed by atoms with Crippen LogP contribution in [0.5, 0.6) is 0 Å². The predicted molar refractivity (Wildman–Crippen MR) is 87.4 cm³/mol. The largest absolute Gasteiger partial charge is 0.451 e. The van der Waals surface area contributed by atoms with E-state index in [1.165, 1.54) is 6.20 Å². The van der Waals surface area contributed by atoms with Crippen LogP contribution in [-0.2, 0) is 9.53 Å². The smallest absolute Gasteiger partial charge is 0.359 e. The van der Waals surface area contributed by atoms with E-state index >= 15 is 0 Å². The highest BCUT2D eigenvalue weighted by Crippen LogP contribution is 2.09. The van der Waals surface area contributed by atoms with Gasteiger partial charge in [-0.1, -0.05) is 18.2 Å². The van der Waals surface area contributed by atoms with Gasteiger partial charge in [-0.2, -0.15) is 0 Å². The summed E-state index contributed by atoms with van der Waals surface area (Å²) in [5.74, 6) is -0.780. The number of aromatic nitrogens is 3. The summed E-state index contributed by atoms with van der Waals surface area (Å²) in [4.78, 5) is 36.2. The number of carbonyl (C=O) groups is 2. The van der Waals surface area contributed by atoms with Crippen molar-refractivity contribution in [1.29, 1.82) is 0 Å². The lowest BCUT2D eigenvalue weighted by atomic mass is 10.3. The zero-order valence-electron chi connectivity index (χ0n) is 12.9. The van der Waals surface area contributed by atoms with E-state index in [2.05, 4.69) is 20.3 Å². The number of carbonyl (C=O) groups excluding carboxylic acids is 2. The molecule has 0 spiro atoms. The van der Waals surface area contributed by atoms with Crippen LogP contribution in [0.2, 0.25) is 0 Å². The number of para-hydroxylation sites is 2. The molecule has 3 rings (SSSR count). The molecule has 0 bridgehead atoms. The van der Waals surface area contributed by atoms with Crippen molar-refractivity contribution in [3.63, 3.8) is 0 Å². The number of nitrogens with one attached hydrogen (secondary N) is 1. The van der Waals surface area contributed by atoms with Gasteiger partial charge >= 0.3 is 5.97 Å². The Morgan fingerprint density at radius 3 is 2.62 bits per heavy atom. The summed E-state index contributed by atoms with van der Waals surface area (Å²) in [6.07, 6.45) is 1.32. The second kappa shape index (κ2) is 6.82. The number of pyridine rings is 1. The molecule has 3 aromatic rings. The molecular formula is C17H14N4O3. The van der Waals surface area contributed by atoms with Gasteiger partial charge in [0.1, 0.15) is 5.82 Å². The molecule has 0 fully saturated rings. The van der Waals surface area contributed by atoms with Gasteiger partial charge < -0.3 is 10.1 Å². The minimum absolute atomic E-state index is 0.0511. The van der Waals surface area contributed by atoms with Gasteiger partial charge in [0.25, 0.3) is 5.91 Å². The zero-order chi connectivity index (χ0) is 16.9. The highest BCUT2D eigenvalue weighted by molar-refractivity contribution is 5.94. The van der Waals surface area contributed by atoms with Gasteiger partial charge in [-0.05, 0) is 31.2 Å². The maximum atomic E-state index is 12.0. The molecule has 0 aliphatic carbocycles. The first-order valence-electron chi connectivity index (χ1n) is 7.24. The van der Waals surface area contributed by atoms with Crippen molar-refractivity contribution in [2.24, 2.45) is 0 Å². The minimum Gasteiger partial charge on any atom is -0.451 e. The van der Waals surface area contributed by atoms with E-state index in [0.717, 1.165) is 5.69 Å². The minimum atomic E-state index is -0.708. The number of esters is 1. The summed E-state index contributed by atoms with van der Waals surface area (Å²) in [5, 5.41) is 2.56. The SMILES string of the molecule is Cc1cccc(NC(=O)COC(=O)c2cnc3ccccc3n2)n1. The normalized spacial score (nSPS) is 10.4. The average Bonchev–Trinajstić information content (AvgIpc) is 2.59. The van der Waals surface area contributed by atoms with Crippen LogP contribution in [0.3, 0.4) is 0 Å². The molecule has 0 aliphatic rings. The fraction of sp³-hybridized carbons (Fsp3) is 0.118. The van der Waals surface area contributed by atoms with Crippen molar-refractivity contribution in [2.75, 3.05) is 11.9 Å². The van der Waals surface area contributed by atoms with E-state index in [0.29, 0.717) is 16.9 Å². The van der Waals surface area contributed by atoms with Crippen molar-refractivity contribution in [1.82, 2.24) is 15.0 Å². The van der Waals surface area contributed by atoms with Gasteiger partial charge in [0.15, 0.2) is 12.3 Å². The number of anilines is 1. The molecule has 0 radical (unpaired) electrons. The number of ether oxygens (including phenoxy) is 1. The van der Waals surface area contributed by atoms with Crippen LogP contribution >= 0.6 is 0 Å². The molecule has 7 heteroatoms. The standard InChI is InChI=1S/C17H14N4O3/c1-11-5-4-8-15(19-11)21-16(22)10-24-17(23)14-9-18-12-6-2-3-7-13(12)20-14/h2-9H,10H2,1H3,(H,19,21,22). The molecule has 2 aromatic heterocycles. The highest BCUT2D eigenvalue weighted by atomic mass is 16.5. The maximum Gasteiger partial charge on any atom is 0.359 e. The van der Waals surface area contributed by atoms with Crippen molar-refractivity contribution in [2.45, 2.75) is 6.92 Å². The lowest BCUT2D eigenvalue weighted by Crippen LogP contribution is -2.22. The van der Waals surface area contributed by atoms with Gasteiger partial charge in [0.05, 0.1) is 17.2 Å². The summed E-state index contributed by atoms with van der Waals surface area (Å²) in [7, 11) is 0. The number of fused-ring (bicyclic) bond motifs is 1. The monoisotopic (exact) mass is 322 g/mol. The first-order chi connectivity index (χ1) is 11.6. The Hall–Kier alpha value is -3.35. The Morgan fingerprint density at radius 2 is 1.83 bits per heavy atom. The molecule has 1 aromatic carbocycles. The number of hydrogen-bond donors (Lipinski definition) is 1. The third kappa shape index (κ3) is 3.70. The Labute approximate surface area is 137 Å². The van der Waals surface area contributed by atoms with E-state index < -0.39 is 18.5 Å². The van der Waals surface area contributed by atoms with Gasteiger partial charge in [0, 0.05) is 5.69 Å². The number of hydrogen-bond acceptors (Lipinski definition) is 6. The van der Waals surface area contributed by atoms with Crippen molar-refractivity contribution in [3.8, 4) is 0 Å². The van der Waals surface area contributed by atoms with Gasteiger partial charge in [-0.25, -0.2) is 14.8 Å². The molecule has 1 amide bonds. The van der Waals surface area contributed by atoms with E-state index in [9.17, 15) is 9.59 Å². The molecule has 0 atom stereocenters. The summed E-state index contributed by atoms with van der Waals surface area (Å²) >= 11 is 0. The van der Waals surface area contributed by atoms with Crippen LogP contribution in [-0.4, -0.2) is 33.4 Å². The summed E-state index contributed by atoms with van der Waals surface area (Å²) in [6.45, 7) is 1.39. The van der Waals surface area contributed by atoms with Gasteiger partial charge in [-0.15, -0.1) is 0 Å². The second-order valence-electron chi connectivity index (χ2n) is 5.03. The lowest BCUT2D eigenvalue weighted by molar-refractivity contribution is -0.119. The summed E-state index contributed by atoms with van der Waals surface area (Å²) in [5.41, 5.74) is 2.09. The topological polar surface area (TPSA) is 94.1 Å². The second-order valence-corrected chi connectivity index (χ2v) is 5.03. The van der Waals surface area contributed by atoms with Gasteiger partial charge in [-0.3, -0.25) is 9.78 Å². The Morgan fingerprint density at radius 1 is 1.04 bits per heavy atom. The Bertz CT molecular complexity index is 911. The first kappa shape index (κ1) is 15.5. The highest BCUT2D eigenvalue weighted by Gasteiger charge is 2.13. The molecule has 0 saturated heterocycles. The fourth-order valence-corrected chi connectivity index (χ4v) is 2.05. The molecule has 1 N–H and O–H groups in total. The Kier molecular flexibility index (Phi) is 4.42. The van der Waals surface area contributed by atoms with Crippen molar-refractivity contribution < 1.29 is 14.3 Å². The number of amides is 1. The summed E-state index contributed by atoms with van der Waals surface area (Å²) in [6, 6.07) is 12.4. The number of benzene rings is 1. The fourth-order valence-electron chi connectivity index (χ4n) is 2.05. The van der Waals surface area contributed by atoms with E-state index in [4.69, 9.17) is 4.74 Å². The third-order valence-corrected chi connectivity index (χ3v) is 3.15. The molecule has 120 valence electrons.